The Morgan fingerprint density at radius 1 is 1.12 bits per heavy atom. The average Bonchev–Trinajstić information content (AvgIpc) is 2.64. The zero-order valence-corrected chi connectivity index (χ0v) is 15.2. The molecule has 1 unspecified atom stereocenters. The summed E-state index contributed by atoms with van der Waals surface area (Å²) in [6, 6.07) is 6.83. The largest absolute Gasteiger partial charge is 0.489 e. The molecule has 0 aliphatic carbocycles. The van der Waals surface area contributed by atoms with E-state index in [0.29, 0.717) is 22.3 Å². The van der Waals surface area contributed by atoms with E-state index in [1.165, 1.54) is 0 Å². The van der Waals surface area contributed by atoms with Gasteiger partial charge in [-0.05, 0) is 18.2 Å². The molecule has 0 radical (unpaired) electrons. The number of anilines is 1. The van der Waals surface area contributed by atoms with E-state index in [1.807, 2.05) is 6.07 Å². The van der Waals surface area contributed by atoms with Crippen LogP contribution in [0.2, 0.25) is 10.0 Å². The summed E-state index contributed by atoms with van der Waals surface area (Å²) in [5, 5.41) is 11.3. The number of piperazine rings is 1. The topological polar surface area (TPSA) is 61.7 Å². The van der Waals surface area contributed by atoms with Crippen LogP contribution in [0.25, 0.3) is 0 Å². The molecule has 134 valence electrons. The highest BCUT2D eigenvalue weighted by atomic mass is 35.5. The highest BCUT2D eigenvalue weighted by molar-refractivity contribution is 6.34. The first-order valence-corrected chi connectivity index (χ1v) is 8.87. The third-order valence-electron chi connectivity index (χ3n) is 4.00. The van der Waals surface area contributed by atoms with Gasteiger partial charge in [0.25, 0.3) is 0 Å². The first kappa shape index (κ1) is 18.2. The third-order valence-corrected chi connectivity index (χ3v) is 4.55. The molecular formula is C17H20Cl2N4O2. The van der Waals surface area contributed by atoms with Gasteiger partial charge in [0.2, 0.25) is 5.95 Å². The van der Waals surface area contributed by atoms with Crippen LogP contribution >= 0.6 is 23.2 Å². The molecule has 3 rings (SSSR count). The monoisotopic (exact) mass is 382 g/mol. The van der Waals surface area contributed by atoms with Crippen LogP contribution in [0.15, 0.2) is 36.7 Å². The number of nitrogens with zero attached hydrogens (tertiary/aromatic N) is 4. The van der Waals surface area contributed by atoms with Crippen LogP contribution in [0.1, 0.15) is 0 Å². The molecule has 1 atom stereocenters. The zero-order chi connectivity index (χ0) is 17.6. The van der Waals surface area contributed by atoms with E-state index in [2.05, 4.69) is 19.8 Å². The quantitative estimate of drug-likeness (QED) is 0.827. The Bertz CT molecular complexity index is 682. The lowest BCUT2D eigenvalue weighted by Gasteiger charge is -2.35. The highest BCUT2D eigenvalue weighted by Gasteiger charge is 2.21. The Hall–Kier alpha value is -1.60. The molecule has 1 aliphatic heterocycles. The van der Waals surface area contributed by atoms with Crippen molar-refractivity contribution >= 4 is 29.2 Å². The van der Waals surface area contributed by atoms with E-state index in [9.17, 15) is 5.11 Å². The van der Waals surface area contributed by atoms with Crippen molar-refractivity contribution in [3.8, 4) is 5.75 Å². The van der Waals surface area contributed by atoms with Gasteiger partial charge in [0.1, 0.15) is 18.5 Å². The minimum atomic E-state index is -0.602. The van der Waals surface area contributed by atoms with Crippen molar-refractivity contribution in [2.45, 2.75) is 6.10 Å². The van der Waals surface area contributed by atoms with E-state index in [0.717, 1.165) is 32.1 Å². The molecule has 0 bridgehead atoms. The van der Waals surface area contributed by atoms with Gasteiger partial charge in [0.05, 0.1) is 5.02 Å². The van der Waals surface area contributed by atoms with Gasteiger partial charge in [-0.2, -0.15) is 0 Å². The fraction of sp³-hybridized carbons (Fsp3) is 0.412. The minimum absolute atomic E-state index is 0.169. The number of ether oxygens (including phenoxy) is 1. The van der Waals surface area contributed by atoms with Crippen LogP contribution in [0.5, 0.6) is 5.75 Å². The molecule has 25 heavy (non-hydrogen) atoms. The van der Waals surface area contributed by atoms with E-state index in [4.69, 9.17) is 27.9 Å². The lowest BCUT2D eigenvalue weighted by Crippen LogP contribution is -2.49. The Labute approximate surface area is 157 Å². The Balaban J connectivity index is 1.43. The molecule has 1 saturated heterocycles. The number of benzene rings is 1. The number of aliphatic hydroxyl groups excluding tert-OH is 1. The van der Waals surface area contributed by atoms with Gasteiger partial charge in [0.15, 0.2) is 0 Å². The highest BCUT2D eigenvalue weighted by Crippen LogP contribution is 2.27. The Kier molecular flexibility index (Phi) is 6.31. The first-order chi connectivity index (χ1) is 12.1. The first-order valence-electron chi connectivity index (χ1n) is 8.12. The summed E-state index contributed by atoms with van der Waals surface area (Å²) in [5.41, 5.74) is 0. The van der Waals surface area contributed by atoms with Gasteiger partial charge in [0, 0.05) is 56.2 Å². The number of hydrogen-bond acceptors (Lipinski definition) is 6. The molecule has 0 spiro atoms. The van der Waals surface area contributed by atoms with Gasteiger partial charge in [-0.25, -0.2) is 9.97 Å². The van der Waals surface area contributed by atoms with Crippen molar-refractivity contribution in [1.82, 2.24) is 14.9 Å². The SMILES string of the molecule is OC(COc1cc(Cl)ccc1Cl)CN1CCN(c2ncccn2)CC1. The number of halogens is 2. The summed E-state index contributed by atoms with van der Waals surface area (Å²) in [6.45, 7) is 4.06. The maximum atomic E-state index is 10.2. The fourth-order valence-corrected chi connectivity index (χ4v) is 3.04. The Morgan fingerprint density at radius 2 is 1.84 bits per heavy atom. The van der Waals surface area contributed by atoms with E-state index < -0.39 is 6.10 Å². The molecule has 1 N–H and O–H groups in total. The van der Waals surface area contributed by atoms with Crippen molar-refractivity contribution in [3.63, 3.8) is 0 Å². The van der Waals surface area contributed by atoms with E-state index >= 15 is 0 Å². The zero-order valence-electron chi connectivity index (χ0n) is 13.7. The predicted molar refractivity (Wildman–Crippen MR) is 98.6 cm³/mol. The summed E-state index contributed by atoms with van der Waals surface area (Å²) in [4.78, 5) is 12.9. The van der Waals surface area contributed by atoms with Gasteiger partial charge < -0.3 is 14.7 Å². The molecule has 0 amide bonds. The minimum Gasteiger partial charge on any atom is -0.489 e. The normalized spacial score (nSPS) is 16.7. The summed E-state index contributed by atoms with van der Waals surface area (Å²) in [6.07, 6.45) is 2.89. The van der Waals surface area contributed by atoms with Crippen molar-refractivity contribution in [2.75, 3.05) is 44.2 Å². The summed E-state index contributed by atoms with van der Waals surface area (Å²) < 4.78 is 5.59. The van der Waals surface area contributed by atoms with Crippen LogP contribution in [-0.2, 0) is 0 Å². The number of β-amino-alcohol motifs (C(OH)–C–C–N with tert-alkyl or cyclic N) is 1. The molecule has 1 aliphatic rings. The third kappa shape index (κ3) is 5.19. The summed E-state index contributed by atoms with van der Waals surface area (Å²) >= 11 is 12.0. The standard InChI is InChI=1S/C17H20Cl2N4O2/c18-13-2-3-15(19)16(10-13)25-12-14(24)11-22-6-8-23(9-7-22)17-20-4-1-5-21-17/h1-5,10,14,24H,6-9,11-12H2. The molecule has 8 heteroatoms. The second-order valence-corrected chi connectivity index (χ2v) is 6.72. The number of aromatic nitrogens is 2. The van der Waals surface area contributed by atoms with Crippen LogP contribution in [-0.4, -0.2) is 65.4 Å². The maximum Gasteiger partial charge on any atom is 0.225 e. The molecule has 0 saturated carbocycles. The predicted octanol–water partition coefficient (Wildman–Crippen LogP) is 2.35. The maximum absolute atomic E-state index is 10.2. The van der Waals surface area contributed by atoms with Crippen molar-refractivity contribution in [3.05, 3.63) is 46.7 Å². The Morgan fingerprint density at radius 3 is 2.56 bits per heavy atom. The molecular weight excluding hydrogens is 363 g/mol. The van der Waals surface area contributed by atoms with Crippen LogP contribution in [0.3, 0.4) is 0 Å². The number of rotatable bonds is 6. The lowest BCUT2D eigenvalue weighted by molar-refractivity contribution is 0.0662. The van der Waals surface area contributed by atoms with Crippen LogP contribution in [0.4, 0.5) is 5.95 Å². The van der Waals surface area contributed by atoms with Crippen molar-refractivity contribution < 1.29 is 9.84 Å². The van der Waals surface area contributed by atoms with E-state index in [1.54, 1.807) is 30.6 Å². The average molecular weight is 383 g/mol. The van der Waals surface area contributed by atoms with Gasteiger partial charge in [-0.3, -0.25) is 4.90 Å². The molecule has 2 heterocycles. The van der Waals surface area contributed by atoms with E-state index in [-0.39, 0.29) is 6.61 Å². The molecule has 6 nitrogen and oxygen atoms in total. The number of hydrogen-bond donors (Lipinski definition) is 1. The molecule has 1 aromatic heterocycles. The van der Waals surface area contributed by atoms with Crippen molar-refractivity contribution in [2.24, 2.45) is 0 Å². The second kappa shape index (κ2) is 8.67. The van der Waals surface area contributed by atoms with Gasteiger partial charge in [-0.1, -0.05) is 23.2 Å². The fourth-order valence-electron chi connectivity index (χ4n) is 2.71. The second-order valence-electron chi connectivity index (χ2n) is 5.88. The summed E-state index contributed by atoms with van der Waals surface area (Å²) in [5.74, 6) is 1.24. The number of aliphatic hydroxyl groups is 1. The molecule has 1 fully saturated rings. The van der Waals surface area contributed by atoms with Crippen molar-refractivity contribution in [1.29, 1.82) is 0 Å². The molecule has 1 aromatic carbocycles. The molecule has 2 aromatic rings. The van der Waals surface area contributed by atoms with Crippen LogP contribution in [0, 0.1) is 0 Å². The van der Waals surface area contributed by atoms with Gasteiger partial charge in [-0.15, -0.1) is 0 Å². The van der Waals surface area contributed by atoms with Crippen LogP contribution < -0.4 is 9.64 Å². The summed E-state index contributed by atoms with van der Waals surface area (Å²) in [7, 11) is 0. The lowest BCUT2D eigenvalue weighted by atomic mass is 10.2. The van der Waals surface area contributed by atoms with Gasteiger partial charge >= 0.3 is 0 Å². The smallest absolute Gasteiger partial charge is 0.225 e.